The maximum absolute atomic E-state index is 12.2. The van der Waals surface area contributed by atoms with Gasteiger partial charge in [-0.05, 0) is 30.5 Å². The van der Waals surface area contributed by atoms with Crippen molar-refractivity contribution in [2.75, 3.05) is 13.1 Å². The molecule has 0 saturated carbocycles. The van der Waals surface area contributed by atoms with E-state index in [1.54, 1.807) is 17.0 Å². The number of hydrogen-bond acceptors (Lipinski definition) is 3. The lowest BCUT2D eigenvalue weighted by Crippen LogP contribution is -2.32. The highest BCUT2D eigenvalue weighted by Crippen LogP contribution is 2.23. The zero-order valence-electron chi connectivity index (χ0n) is 10.2. The Balaban J connectivity index is 2.20. The average Bonchev–Trinajstić information content (AvgIpc) is 2.58. The van der Waals surface area contributed by atoms with Gasteiger partial charge in [0.25, 0.3) is 5.91 Å². The maximum atomic E-state index is 12.2. The van der Waals surface area contributed by atoms with Gasteiger partial charge in [0.1, 0.15) is 5.75 Å². The van der Waals surface area contributed by atoms with Crippen LogP contribution in [0.3, 0.4) is 0 Å². The maximum Gasteiger partial charge on any atom is 0.257 e. The van der Waals surface area contributed by atoms with Crippen molar-refractivity contribution in [1.82, 2.24) is 4.90 Å². The van der Waals surface area contributed by atoms with E-state index in [1.807, 2.05) is 19.9 Å². The van der Waals surface area contributed by atoms with Crippen molar-refractivity contribution < 1.29 is 9.90 Å². The van der Waals surface area contributed by atoms with Crippen molar-refractivity contribution in [3.63, 3.8) is 0 Å². The average molecular weight is 234 g/mol. The molecule has 4 nitrogen and oxygen atoms in total. The number of likely N-dealkylation sites (tertiary alicyclic amines) is 1. The molecule has 1 fully saturated rings. The molecule has 0 spiro atoms. The molecule has 1 saturated heterocycles. The summed E-state index contributed by atoms with van der Waals surface area (Å²) in [5.74, 6) is 0.219. The van der Waals surface area contributed by atoms with E-state index in [4.69, 9.17) is 5.73 Å². The largest absolute Gasteiger partial charge is 0.507 e. The second-order valence-electron chi connectivity index (χ2n) is 4.87. The van der Waals surface area contributed by atoms with Crippen LogP contribution in [0.4, 0.5) is 0 Å². The number of phenols is 1. The van der Waals surface area contributed by atoms with Gasteiger partial charge in [0.15, 0.2) is 0 Å². The summed E-state index contributed by atoms with van der Waals surface area (Å²) in [5, 5.41) is 9.78. The molecule has 1 heterocycles. The van der Waals surface area contributed by atoms with Crippen LogP contribution in [0.15, 0.2) is 18.2 Å². The van der Waals surface area contributed by atoms with Gasteiger partial charge in [-0.2, -0.15) is 0 Å². The van der Waals surface area contributed by atoms with Crippen molar-refractivity contribution in [3.05, 3.63) is 29.3 Å². The van der Waals surface area contributed by atoms with Gasteiger partial charge in [-0.3, -0.25) is 4.79 Å². The zero-order chi connectivity index (χ0) is 12.6. The van der Waals surface area contributed by atoms with Gasteiger partial charge >= 0.3 is 0 Å². The van der Waals surface area contributed by atoms with Crippen LogP contribution in [0.25, 0.3) is 0 Å². The smallest absolute Gasteiger partial charge is 0.257 e. The molecule has 17 heavy (non-hydrogen) atoms. The third kappa shape index (κ3) is 2.26. The number of nitrogens with zero attached hydrogens (tertiary/aromatic N) is 1. The van der Waals surface area contributed by atoms with Crippen LogP contribution in [0.5, 0.6) is 5.75 Å². The summed E-state index contributed by atoms with van der Waals surface area (Å²) < 4.78 is 0. The fourth-order valence-corrected chi connectivity index (χ4v) is 2.15. The van der Waals surface area contributed by atoms with Gasteiger partial charge in [0.05, 0.1) is 5.56 Å². The number of rotatable bonds is 1. The van der Waals surface area contributed by atoms with Crippen LogP contribution in [0.1, 0.15) is 22.8 Å². The molecule has 4 heteroatoms. The first-order chi connectivity index (χ1) is 7.99. The molecule has 0 radical (unpaired) electrons. The number of nitrogens with two attached hydrogens (primary N) is 1. The van der Waals surface area contributed by atoms with E-state index in [9.17, 15) is 9.90 Å². The number of phenolic OH excluding ortho intramolecular Hbond substituents is 1. The number of benzene rings is 1. The highest BCUT2D eigenvalue weighted by atomic mass is 16.3. The Hall–Kier alpha value is -1.55. The van der Waals surface area contributed by atoms with E-state index in [0.717, 1.165) is 5.56 Å². The van der Waals surface area contributed by atoms with Crippen LogP contribution in [0, 0.1) is 12.8 Å². The van der Waals surface area contributed by atoms with E-state index < -0.39 is 0 Å². The fraction of sp³-hybridized carbons (Fsp3) is 0.462. The SMILES string of the molecule is Cc1ccc(C(=O)N2CC(C)C(N)C2)c(O)c1. The Kier molecular flexibility index (Phi) is 3.07. The molecule has 1 aliphatic rings. The lowest BCUT2D eigenvalue weighted by atomic mass is 10.1. The summed E-state index contributed by atoms with van der Waals surface area (Å²) in [6.45, 7) is 5.13. The Morgan fingerprint density at radius 2 is 2.18 bits per heavy atom. The van der Waals surface area contributed by atoms with Gasteiger partial charge in [0, 0.05) is 19.1 Å². The van der Waals surface area contributed by atoms with Crippen molar-refractivity contribution in [2.45, 2.75) is 19.9 Å². The third-order valence-electron chi connectivity index (χ3n) is 3.34. The second kappa shape index (κ2) is 4.37. The topological polar surface area (TPSA) is 66.6 Å². The summed E-state index contributed by atoms with van der Waals surface area (Å²) in [5.41, 5.74) is 7.18. The fourth-order valence-electron chi connectivity index (χ4n) is 2.15. The van der Waals surface area contributed by atoms with Gasteiger partial charge in [-0.15, -0.1) is 0 Å². The lowest BCUT2D eigenvalue weighted by molar-refractivity contribution is 0.0784. The molecule has 92 valence electrons. The van der Waals surface area contributed by atoms with Crippen LogP contribution in [0.2, 0.25) is 0 Å². The van der Waals surface area contributed by atoms with Crippen LogP contribution < -0.4 is 5.73 Å². The van der Waals surface area contributed by atoms with E-state index in [2.05, 4.69) is 0 Å². The molecule has 1 amide bonds. The standard InChI is InChI=1S/C13H18N2O2/c1-8-3-4-10(12(16)5-8)13(17)15-6-9(2)11(14)7-15/h3-5,9,11,16H,6-7,14H2,1-2H3. The highest BCUT2D eigenvalue weighted by molar-refractivity contribution is 5.97. The molecule has 1 aliphatic heterocycles. The molecule has 2 atom stereocenters. The minimum atomic E-state index is -0.137. The predicted octanol–water partition coefficient (Wildman–Crippen LogP) is 1.12. The Labute approximate surface area is 101 Å². The highest BCUT2D eigenvalue weighted by Gasteiger charge is 2.31. The molecular formula is C13H18N2O2. The summed E-state index contributed by atoms with van der Waals surface area (Å²) in [7, 11) is 0. The number of amides is 1. The molecule has 2 rings (SSSR count). The molecule has 3 N–H and O–H groups in total. The summed E-state index contributed by atoms with van der Waals surface area (Å²) in [4.78, 5) is 13.9. The minimum absolute atomic E-state index is 0.0338. The lowest BCUT2D eigenvalue weighted by Gasteiger charge is -2.16. The van der Waals surface area contributed by atoms with Crippen molar-refractivity contribution in [3.8, 4) is 5.75 Å². The van der Waals surface area contributed by atoms with Gasteiger partial charge in [0.2, 0.25) is 0 Å². The number of carbonyl (C=O) groups is 1. The van der Waals surface area contributed by atoms with Crippen molar-refractivity contribution in [2.24, 2.45) is 11.7 Å². The normalized spacial score (nSPS) is 24.1. The van der Waals surface area contributed by atoms with E-state index in [-0.39, 0.29) is 17.7 Å². The molecule has 0 bridgehead atoms. The van der Waals surface area contributed by atoms with E-state index in [0.29, 0.717) is 24.6 Å². The van der Waals surface area contributed by atoms with Gasteiger partial charge < -0.3 is 15.7 Å². The van der Waals surface area contributed by atoms with Crippen LogP contribution in [-0.4, -0.2) is 35.0 Å². The Morgan fingerprint density at radius 1 is 1.47 bits per heavy atom. The van der Waals surface area contributed by atoms with Crippen LogP contribution >= 0.6 is 0 Å². The van der Waals surface area contributed by atoms with Gasteiger partial charge in [-0.1, -0.05) is 13.0 Å². The quantitative estimate of drug-likeness (QED) is 0.765. The Morgan fingerprint density at radius 3 is 2.71 bits per heavy atom. The van der Waals surface area contributed by atoms with Gasteiger partial charge in [-0.25, -0.2) is 0 Å². The number of aryl methyl sites for hydroxylation is 1. The van der Waals surface area contributed by atoms with E-state index in [1.165, 1.54) is 0 Å². The molecule has 1 aromatic rings. The third-order valence-corrected chi connectivity index (χ3v) is 3.34. The zero-order valence-corrected chi connectivity index (χ0v) is 10.2. The first-order valence-corrected chi connectivity index (χ1v) is 5.83. The summed E-state index contributed by atoms with van der Waals surface area (Å²) in [6.07, 6.45) is 0. The first-order valence-electron chi connectivity index (χ1n) is 5.83. The number of hydrogen-bond donors (Lipinski definition) is 2. The molecular weight excluding hydrogens is 216 g/mol. The van der Waals surface area contributed by atoms with Crippen molar-refractivity contribution in [1.29, 1.82) is 0 Å². The molecule has 2 unspecified atom stereocenters. The number of carbonyl (C=O) groups excluding carboxylic acids is 1. The summed E-state index contributed by atoms with van der Waals surface area (Å²) >= 11 is 0. The Bertz CT molecular complexity index is 435. The van der Waals surface area contributed by atoms with Crippen LogP contribution in [-0.2, 0) is 0 Å². The van der Waals surface area contributed by atoms with Crippen molar-refractivity contribution >= 4 is 5.91 Å². The molecule has 0 aliphatic carbocycles. The predicted molar refractivity (Wildman–Crippen MR) is 65.9 cm³/mol. The van der Waals surface area contributed by atoms with E-state index >= 15 is 0 Å². The monoisotopic (exact) mass is 234 g/mol. The molecule has 0 aromatic heterocycles. The minimum Gasteiger partial charge on any atom is -0.507 e. The number of aromatic hydroxyl groups is 1. The summed E-state index contributed by atoms with van der Waals surface area (Å²) in [6, 6.07) is 5.13. The molecule has 1 aromatic carbocycles. The second-order valence-corrected chi connectivity index (χ2v) is 4.87. The first kappa shape index (κ1) is 11.9.